The molecule has 0 radical (unpaired) electrons. The first-order valence-corrected chi connectivity index (χ1v) is 7.25. The number of hydrogen-bond acceptors (Lipinski definition) is 4. The van der Waals surface area contributed by atoms with Gasteiger partial charge in [0.1, 0.15) is 6.61 Å². The maximum atomic E-state index is 11.7. The number of nitrogens with zero attached hydrogens (tertiary/aromatic N) is 1. The molecule has 0 aliphatic rings. The Bertz CT molecular complexity index is 656. The van der Waals surface area contributed by atoms with Gasteiger partial charge in [0.25, 0.3) is 5.69 Å². The fourth-order valence-electron chi connectivity index (χ4n) is 2.12. The summed E-state index contributed by atoms with van der Waals surface area (Å²) in [4.78, 5) is 21.9. The molecule has 0 aliphatic carbocycles. The third kappa shape index (κ3) is 5.43. The van der Waals surface area contributed by atoms with Gasteiger partial charge in [-0.3, -0.25) is 10.1 Å². The number of nitro benzene ring substituents is 1. The molecular weight excluding hydrogens is 296 g/mol. The first-order valence-electron chi connectivity index (χ1n) is 7.25. The fraction of sp³-hybridized carbons (Fsp3) is 0.235. The van der Waals surface area contributed by atoms with E-state index in [0.29, 0.717) is 6.42 Å². The Hall–Kier alpha value is -2.89. The molecule has 1 amide bonds. The second-order valence-corrected chi connectivity index (χ2v) is 5.23. The molecule has 1 atom stereocenters. The molecular formula is C17H18N2O4. The smallest absolute Gasteiger partial charge is 0.407 e. The third-order valence-corrected chi connectivity index (χ3v) is 3.27. The van der Waals surface area contributed by atoms with Crippen LogP contribution in [-0.2, 0) is 17.8 Å². The van der Waals surface area contributed by atoms with Gasteiger partial charge in [-0.25, -0.2) is 4.79 Å². The van der Waals surface area contributed by atoms with E-state index in [1.807, 2.05) is 37.3 Å². The van der Waals surface area contributed by atoms with E-state index in [2.05, 4.69) is 5.32 Å². The highest BCUT2D eigenvalue weighted by atomic mass is 16.6. The number of nitrogens with one attached hydrogen (secondary N) is 1. The highest BCUT2D eigenvalue weighted by Gasteiger charge is 2.10. The van der Waals surface area contributed by atoms with E-state index in [9.17, 15) is 14.9 Å². The van der Waals surface area contributed by atoms with Crippen LogP contribution in [0.2, 0.25) is 0 Å². The van der Waals surface area contributed by atoms with E-state index in [1.54, 1.807) is 12.1 Å². The van der Waals surface area contributed by atoms with Gasteiger partial charge in [0.05, 0.1) is 4.92 Å². The molecule has 2 aromatic rings. The van der Waals surface area contributed by atoms with Crippen LogP contribution in [0.25, 0.3) is 0 Å². The molecule has 0 bridgehead atoms. The number of carbonyl (C=O) groups excluding carboxylic acids is 1. The number of amides is 1. The molecule has 6 nitrogen and oxygen atoms in total. The average Bonchev–Trinajstić information content (AvgIpc) is 2.54. The van der Waals surface area contributed by atoms with Crippen LogP contribution in [0.1, 0.15) is 18.1 Å². The van der Waals surface area contributed by atoms with E-state index in [4.69, 9.17) is 4.74 Å². The molecule has 0 unspecified atom stereocenters. The number of alkyl carbamates (subject to hydrolysis) is 1. The third-order valence-electron chi connectivity index (χ3n) is 3.27. The second kappa shape index (κ2) is 7.93. The minimum atomic E-state index is -0.483. The van der Waals surface area contributed by atoms with Crippen molar-refractivity contribution in [2.24, 2.45) is 0 Å². The summed E-state index contributed by atoms with van der Waals surface area (Å²) >= 11 is 0. The summed E-state index contributed by atoms with van der Waals surface area (Å²) in [5.74, 6) is 0. The van der Waals surface area contributed by atoms with Gasteiger partial charge in [-0.2, -0.15) is 0 Å². The van der Waals surface area contributed by atoms with E-state index in [1.165, 1.54) is 12.1 Å². The Kier molecular flexibility index (Phi) is 5.68. The Morgan fingerprint density at radius 1 is 1.13 bits per heavy atom. The average molecular weight is 314 g/mol. The van der Waals surface area contributed by atoms with Crippen molar-refractivity contribution in [3.05, 3.63) is 75.8 Å². The summed E-state index contributed by atoms with van der Waals surface area (Å²) < 4.78 is 5.15. The zero-order chi connectivity index (χ0) is 16.7. The Morgan fingerprint density at radius 3 is 2.39 bits per heavy atom. The number of hydrogen-bond donors (Lipinski definition) is 1. The quantitative estimate of drug-likeness (QED) is 0.654. The molecule has 0 aromatic heterocycles. The first kappa shape index (κ1) is 16.5. The van der Waals surface area contributed by atoms with Crippen LogP contribution in [0.15, 0.2) is 54.6 Å². The van der Waals surface area contributed by atoms with Gasteiger partial charge in [-0.15, -0.1) is 0 Å². The van der Waals surface area contributed by atoms with Crippen molar-refractivity contribution in [3.63, 3.8) is 0 Å². The lowest BCUT2D eigenvalue weighted by Crippen LogP contribution is -2.34. The van der Waals surface area contributed by atoms with Gasteiger partial charge in [0.2, 0.25) is 0 Å². The van der Waals surface area contributed by atoms with Crippen molar-refractivity contribution in [3.8, 4) is 0 Å². The SMILES string of the molecule is C[C@H](Cc1ccc([N+](=O)[O-])cc1)NC(=O)OCc1ccccc1. The molecule has 0 spiro atoms. The Balaban J connectivity index is 1.78. The van der Waals surface area contributed by atoms with E-state index >= 15 is 0 Å². The summed E-state index contributed by atoms with van der Waals surface area (Å²) in [6.07, 6.45) is 0.0848. The van der Waals surface area contributed by atoms with Crippen molar-refractivity contribution < 1.29 is 14.5 Å². The lowest BCUT2D eigenvalue weighted by molar-refractivity contribution is -0.384. The van der Waals surface area contributed by atoms with Crippen LogP contribution in [0.4, 0.5) is 10.5 Å². The van der Waals surface area contributed by atoms with Gasteiger partial charge in [-0.1, -0.05) is 42.5 Å². The summed E-state index contributed by atoms with van der Waals surface area (Å²) in [7, 11) is 0. The molecule has 1 N–H and O–H groups in total. The molecule has 120 valence electrons. The van der Waals surface area contributed by atoms with Crippen LogP contribution in [-0.4, -0.2) is 17.1 Å². The largest absolute Gasteiger partial charge is 0.445 e. The zero-order valence-corrected chi connectivity index (χ0v) is 12.8. The summed E-state index contributed by atoms with van der Waals surface area (Å²) in [6, 6.07) is 15.6. The number of non-ortho nitro benzene ring substituents is 1. The van der Waals surface area contributed by atoms with Gasteiger partial charge < -0.3 is 10.1 Å². The number of ether oxygens (including phenoxy) is 1. The first-order chi connectivity index (χ1) is 11.0. The molecule has 0 saturated heterocycles. The van der Waals surface area contributed by atoms with E-state index < -0.39 is 11.0 Å². The lowest BCUT2D eigenvalue weighted by atomic mass is 10.1. The van der Waals surface area contributed by atoms with Gasteiger partial charge in [0.15, 0.2) is 0 Å². The van der Waals surface area contributed by atoms with Gasteiger partial charge in [-0.05, 0) is 24.5 Å². The summed E-state index contributed by atoms with van der Waals surface area (Å²) in [6.45, 7) is 2.07. The van der Waals surface area contributed by atoms with E-state index in [0.717, 1.165) is 11.1 Å². The minimum absolute atomic E-state index is 0.0524. The number of nitro groups is 1. The van der Waals surface area contributed by atoms with E-state index in [-0.39, 0.29) is 18.3 Å². The van der Waals surface area contributed by atoms with Gasteiger partial charge >= 0.3 is 6.09 Å². The second-order valence-electron chi connectivity index (χ2n) is 5.23. The highest BCUT2D eigenvalue weighted by molar-refractivity contribution is 5.67. The highest BCUT2D eigenvalue weighted by Crippen LogP contribution is 2.13. The molecule has 0 fully saturated rings. The standard InChI is InChI=1S/C17H18N2O4/c1-13(11-14-7-9-16(10-8-14)19(21)22)18-17(20)23-12-15-5-3-2-4-6-15/h2-10,13H,11-12H2,1H3,(H,18,20)/t13-/m1/s1. The number of carbonyl (C=O) groups is 1. The van der Waals surface area contributed by atoms with Crippen molar-refractivity contribution in [2.45, 2.75) is 26.0 Å². The Labute approximate surface area is 134 Å². The lowest BCUT2D eigenvalue weighted by Gasteiger charge is -2.14. The normalized spacial score (nSPS) is 11.5. The summed E-state index contributed by atoms with van der Waals surface area (Å²) in [5.41, 5.74) is 1.88. The number of benzene rings is 2. The van der Waals surface area contributed by atoms with Crippen LogP contribution in [0.3, 0.4) is 0 Å². The maximum absolute atomic E-state index is 11.7. The number of rotatable bonds is 6. The van der Waals surface area contributed by atoms with Crippen LogP contribution < -0.4 is 5.32 Å². The van der Waals surface area contributed by atoms with Crippen molar-refractivity contribution >= 4 is 11.8 Å². The maximum Gasteiger partial charge on any atom is 0.407 e. The topological polar surface area (TPSA) is 81.5 Å². The van der Waals surface area contributed by atoms with Crippen LogP contribution in [0, 0.1) is 10.1 Å². The predicted octanol–water partition coefficient (Wildman–Crippen LogP) is 3.45. The molecule has 0 aliphatic heterocycles. The van der Waals surface area contributed by atoms with Crippen LogP contribution >= 0.6 is 0 Å². The fourth-order valence-corrected chi connectivity index (χ4v) is 2.12. The molecule has 0 saturated carbocycles. The molecule has 2 rings (SSSR count). The van der Waals surface area contributed by atoms with Crippen LogP contribution in [0.5, 0.6) is 0 Å². The summed E-state index contributed by atoms with van der Waals surface area (Å²) in [5, 5.41) is 13.3. The van der Waals surface area contributed by atoms with Gasteiger partial charge in [0, 0.05) is 18.2 Å². The minimum Gasteiger partial charge on any atom is -0.445 e. The molecule has 23 heavy (non-hydrogen) atoms. The van der Waals surface area contributed by atoms with Crippen molar-refractivity contribution in [1.82, 2.24) is 5.32 Å². The molecule has 6 heteroatoms. The zero-order valence-electron chi connectivity index (χ0n) is 12.8. The van der Waals surface area contributed by atoms with Crippen molar-refractivity contribution in [2.75, 3.05) is 0 Å². The molecule has 0 heterocycles. The monoisotopic (exact) mass is 314 g/mol. The Morgan fingerprint density at radius 2 is 1.78 bits per heavy atom. The van der Waals surface area contributed by atoms with Crippen molar-refractivity contribution in [1.29, 1.82) is 0 Å². The predicted molar refractivity (Wildman–Crippen MR) is 86.0 cm³/mol. The molecule has 2 aromatic carbocycles.